The van der Waals surface area contributed by atoms with Gasteiger partial charge in [-0.15, -0.1) is 0 Å². The standard InChI is InChI=1S/C23H27NO5S/c1-16(25)28-15-23(5)13-12-17-14-19(8-11-21(17)29-23)24-30(26,27)20-9-6-18(7-10-20)22(2,3)4/h6-14,24H,15H2,1-5H3. The fourth-order valence-corrected chi connectivity index (χ4v) is 4.11. The Morgan fingerprint density at radius 3 is 2.40 bits per heavy atom. The van der Waals surface area contributed by atoms with Gasteiger partial charge >= 0.3 is 5.97 Å². The molecule has 2 aromatic rings. The molecule has 0 bridgehead atoms. The number of carbonyl (C=O) groups is 1. The van der Waals surface area contributed by atoms with Crippen LogP contribution in [-0.4, -0.2) is 26.6 Å². The van der Waals surface area contributed by atoms with Crippen LogP contribution in [0.2, 0.25) is 0 Å². The van der Waals surface area contributed by atoms with Crippen molar-refractivity contribution in [3.8, 4) is 5.75 Å². The molecule has 1 N–H and O–H groups in total. The van der Waals surface area contributed by atoms with Crippen LogP contribution in [0.15, 0.2) is 53.4 Å². The highest BCUT2D eigenvalue weighted by Crippen LogP contribution is 2.34. The number of benzene rings is 2. The maximum Gasteiger partial charge on any atom is 0.302 e. The van der Waals surface area contributed by atoms with Gasteiger partial charge in [-0.05, 0) is 54.3 Å². The SMILES string of the molecule is CC(=O)OCC1(C)C=Cc2cc(NS(=O)(=O)c3ccc(C(C)(C)C)cc3)ccc2O1. The second kappa shape index (κ2) is 7.80. The maximum absolute atomic E-state index is 12.8. The van der Waals surface area contributed by atoms with Gasteiger partial charge < -0.3 is 9.47 Å². The molecule has 0 spiro atoms. The zero-order valence-electron chi connectivity index (χ0n) is 17.9. The maximum atomic E-state index is 12.8. The van der Waals surface area contributed by atoms with Gasteiger partial charge in [-0.25, -0.2) is 8.42 Å². The Hall–Kier alpha value is -2.80. The third-order valence-corrected chi connectivity index (χ3v) is 6.21. The molecule has 0 fully saturated rings. The van der Waals surface area contributed by atoms with Crippen molar-refractivity contribution in [2.75, 3.05) is 11.3 Å². The molecule has 7 heteroatoms. The second-order valence-electron chi connectivity index (χ2n) is 8.66. The van der Waals surface area contributed by atoms with Gasteiger partial charge in [-0.2, -0.15) is 0 Å². The molecule has 1 heterocycles. The van der Waals surface area contributed by atoms with Crippen LogP contribution in [0.3, 0.4) is 0 Å². The summed E-state index contributed by atoms with van der Waals surface area (Å²) in [6, 6.07) is 12.0. The molecule has 0 amide bonds. The van der Waals surface area contributed by atoms with E-state index in [1.165, 1.54) is 6.92 Å². The van der Waals surface area contributed by atoms with Crippen molar-refractivity contribution in [2.45, 2.75) is 50.5 Å². The Morgan fingerprint density at radius 1 is 1.13 bits per heavy atom. The van der Waals surface area contributed by atoms with Crippen molar-refractivity contribution in [2.24, 2.45) is 0 Å². The summed E-state index contributed by atoms with van der Waals surface area (Å²) in [5.41, 5.74) is 1.41. The van der Waals surface area contributed by atoms with E-state index in [2.05, 4.69) is 25.5 Å². The van der Waals surface area contributed by atoms with Gasteiger partial charge in [0.15, 0.2) is 5.60 Å². The lowest BCUT2D eigenvalue weighted by atomic mass is 9.87. The molecule has 0 radical (unpaired) electrons. The number of rotatable bonds is 5. The average molecular weight is 430 g/mol. The molecule has 0 saturated carbocycles. The molecule has 6 nitrogen and oxygen atoms in total. The van der Waals surface area contributed by atoms with E-state index in [4.69, 9.17) is 9.47 Å². The third-order valence-electron chi connectivity index (χ3n) is 4.81. The van der Waals surface area contributed by atoms with Gasteiger partial charge in [0.25, 0.3) is 10.0 Å². The lowest BCUT2D eigenvalue weighted by molar-refractivity contribution is -0.145. The van der Waals surface area contributed by atoms with E-state index < -0.39 is 15.6 Å². The first-order chi connectivity index (χ1) is 13.9. The monoisotopic (exact) mass is 429 g/mol. The predicted octanol–water partition coefficient (Wildman–Crippen LogP) is 4.51. The highest BCUT2D eigenvalue weighted by atomic mass is 32.2. The minimum atomic E-state index is -3.72. The third kappa shape index (κ3) is 5.02. The van der Waals surface area contributed by atoms with E-state index >= 15 is 0 Å². The summed E-state index contributed by atoms with van der Waals surface area (Å²) in [4.78, 5) is 11.3. The molecule has 30 heavy (non-hydrogen) atoms. The predicted molar refractivity (Wildman–Crippen MR) is 117 cm³/mol. The van der Waals surface area contributed by atoms with Crippen LogP contribution in [0.4, 0.5) is 5.69 Å². The summed E-state index contributed by atoms with van der Waals surface area (Å²) >= 11 is 0. The van der Waals surface area contributed by atoms with E-state index in [0.717, 1.165) is 11.1 Å². The van der Waals surface area contributed by atoms with Crippen LogP contribution in [-0.2, 0) is 25.0 Å². The topological polar surface area (TPSA) is 81.7 Å². The van der Waals surface area contributed by atoms with Gasteiger partial charge in [-0.3, -0.25) is 9.52 Å². The zero-order valence-corrected chi connectivity index (χ0v) is 18.7. The van der Waals surface area contributed by atoms with Crippen LogP contribution in [0.1, 0.15) is 45.7 Å². The van der Waals surface area contributed by atoms with Crippen LogP contribution < -0.4 is 9.46 Å². The lowest BCUT2D eigenvalue weighted by Crippen LogP contribution is -2.37. The summed E-state index contributed by atoms with van der Waals surface area (Å²) in [7, 11) is -3.72. The van der Waals surface area contributed by atoms with Crippen LogP contribution in [0.25, 0.3) is 6.08 Å². The van der Waals surface area contributed by atoms with E-state index in [1.807, 2.05) is 25.1 Å². The minimum Gasteiger partial charge on any atom is -0.479 e. The normalized spacial score (nSPS) is 18.3. The minimum absolute atomic E-state index is 0.0511. The molecule has 1 unspecified atom stereocenters. The Balaban J connectivity index is 1.77. The molecule has 3 rings (SSSR count). The summed E-state index contributed by atoms with van der Waals surface area (Å²) in [6.07, 6.45) is 3.63. The van der Waals surface area contributed by atoms with Crippen LogP contribution in [0.5, 0.6) is 5.75 Å². The first-order valence-electron chi connectivity index (χ1n) is 9.67. The Morgan fingerprint density at radius 2 is 1.80 bits per heavy atom. The Labute approximate surface area is 178 Å². The van der Waals surface area contributed by atoms with Gasteiger partial charge in [-0.1, -0.05) is 39.0 Å². The molecular weight excluding hydrogens is 402 g/mol. The van der Waals surface area contributed by atoms with E-state index in [0.29, 0.717) is 11.4 Å². The first-order valence-corrected chi connectivity index (χ1v) is 11.2. The molecular formula is C23H27NO5S. The highest BCUT2D eigenvalue weighted by molar-refractivity contribution is 7.92. The van der Waals surface area contributed by atoms with Crippen molar-refractivity contribution in [3.63, 3.8) is 0 Å². The van der Waals surface area contributed by atoms with Crippen molar-refractivity contribution < 1.29 is 22.7 Å². The quantitative estimate of drug-likeness (QED) is 0.707. The molecule has 0 aromatic heterocycles. The van der Waals surface area contributed by atoms with Crippen LogP contribution in [0, 0.1) is 0 Å². The molecule has 0 saturated heterocycles. The number of hydrogen-bond donors (Lipinski definition) is 1. The second-order valence-corrected chi connectivity index (χ2v) is 10.3. The highest BCUT2D eigenvalue weighted by Gasteiger charge is 2.29. The average Bonchev–Trinajstić information content (AvgIpc) is 2.66. The largest absolute Gasteiger partial charge is 0.479 e. The van der Waals surface area contributed by atoms with Crippen LogP contribution >= 0.6 is 0 Å². The fourth-order valence-electron chi connectivity index (χ4n) is 3.06. The summed E-state index contributed by atoms with van der Waals surface area (Å²) < 4.78 is 39.2. The van der Waals surface area contributed by atoms with Crippen molar-refractivity contribution in [1.82, 2.24) is 0 Å². The summed E-state index contributed by atoms with van der Waals surface area (Å²) in [5.74, 6) is 0.212. The van der Waals surface area contributed by atoms with Crippen molar-refractivity contribution >= 4 is 27.8 Å². The number of esters is 1. The zero-order chi connectivity index (χ0) is 22.2. The van der Waals surface area contributed by atoms with Gasteiger partial charge in [0.05, 0.1) is 4.90 Å². The number of hydrogen-bond acceptors (Lipinski definition) is 5. The summed E-state index contributed by atoms with van der Waals surface area (Å²) in [6.45, 7) is 9.49. The number of carbonyl (C=O) groups excluding carboxylic acids is 1. The number of sulfonamides is 1. The smallest absolute Gasteiger partial charge is 0.302 e. The van der Waals surface area contributed by atoms with Crippen molar-refractivity contribution in [3.05, 3.63) is 59.7 Å². The summed E-state index contributed by atoms with van der Waals surface area (Å²) in [5, 5.41) is 0. The van der Waals surface area contributed by atoms with Gasteiger partial charge in [0.1, 0.15) is 12.4 Å². The Kier molecular flexibility index (Phi) is 5.69. The molecule has 1 aliphatic rings. The number of nitrogens with one attached hydrogen (secondary N) is 1. The van der Waals surface area contributed by atoms with Crippen molar-refractivity contribution in [1.29, 1.82) is 0 Å². The number of anilines is 1. The fraction of sp³-hybridized carbons (Fsp3) is 0.348. The van der Waals surface area contributed by atoms with Gasteiger partial charge in [0.2, 0.25) is 0 Å². The van der Waals surface area contributed by atoms with E-state index in [-0.39, 0.29) is 22.9 Å². The molecule has 160 valence electrons. The molecule has 1 atom stereocenters. The lowest BCUT2D eigenvalue weighted by Gasteiger charge is -2.31. The van der Waals surface area contributed by atoms with E-state index in [9.17, 15) is 13.2 Å². The number of fused-ring (bicyclic) bond motifs is 1. The molecule has 0 aliphatic carbocycles. The van der Waals surface area contributed by atoms with Gasteiger partial charge in [0, 0.05) is 18.2 Å². The molecule has 2 aromatic carbocycles. The first kappa shape index (κ1) is 21.9. The molecule has 1 aliphatic heterocycles. The van der Waals surface area contributed by atoms with E-state index in [1.54, 1.807) is 36.4 Å². The number of ether oxygens (including phenoxy) is 2. The Bertz CT molecular complexity index is 1080.